The number of ether oxygens (including phenoxy) is 1. The first-order valence-corrected chi connectivity index (χ1v) is 6.31. The topological polar surface area (TPSA) is 38.5 Å². The van der Waals surface area contributed by atoms with Crippen molar-refractivity contribution in [3.05, 3.63) is 23.8 Å². The van der Waals surface area contributed by atoms with E-state index < -0.39 is 0 Å². The normalized spacial score (nSPS) is 20.2. The number of aryl methyl sites for hydroxylation is 1. The third-order valence-corrected chi connectivity index (χ3v) is 3.31. The zero-order chi connectivity index (χ0) is 12.3. The molecule has 1 heterocycles. The standard InChI is InChI=1S/C14H22N2O/c1-11-6-13(15)8-14(7-11)16(2)9-12-4-3-5-17-10-12/h6-8,12H,3-5,9-10,15H2,1-2H3. The van der Waals surface area contributed by atoms with Crippen LogP contribution >= 0.6 is 0 Å². The Hall–Kier alpha value is -1.22. The Labute approximate surface area is 104 Å². The summed E-state index contributed by atoms with van der Waals surface area (Å²) in [7, 11) is 2.13. The number of nitrogens with zero attached hydrogens (tertiary/aromatic N) is 1. The van der Waals surface area contributed by atoms with E-state index in [1.165, 1.54) is 24.1 Å². The van der Waals surface area contributed by atoms with Gasteiger partial charge in [-0.3, -0.25) is 0 Å². The van der Waals surface area contributed by atoms with E-state index in [9.17, 15) is 0 Å². The molecule has 1 atom stereocenters. The van der Waals surface area contributed by atoms with Crippen LogP contribution in [0.5, 0.6) is 0 Å². The molecule has 1 fully saturated rings. The van der Waals surface area contributed by atoms with Gasteiger partial charge in [0.15, 0.2) is 0 Å². The first-order valence-electron chi connectivity index (χ1n) is 6.31. The molecule has 0 bridgehead atoms. The summed E-state index contributed by atoms with van der Waals surface area (Å²) >= 11 is 0. The van der Waals surface area contributed by atoms with Gasteiger partial charge in [-0.2, -0.15) is 0 Å². The van der Waals surface area contributed by atoms with Crippen molar-refractivity contribution < 1.29 is 4.74 Å². The molecule has 2 N–H and O–H groups in total. The van der Waals surface area contributed by atoms with E-state index in [1.54, 1.807) is 0 Å². The lowest BCUT2D eigenvalue weighted by atomic mass is 10.0. The van der Waals surface area contributed by atoms with Crippen LogP contribution in [0, 0.1) is 12.8 Å². The lowest BCUT2D eigenvalue weighted by Crippen LogP contribution is -2.30. The molecule has 1 aliphatic rings. The van der Waals surface area contributed by atoms with Crippen LogP contribution < -0.4 is 10.6 Å². The Bertz CT molecular complexity index is 352. The van der Waals surface area contributed by atoms with Crippen LogP contribution in [0.15, 0.2) is 18.2 Å². The lowest BCUT2D eigenvalue weighted by Gasteiger charge is -2.28. The van der Waals surface area contributed by atoms with Gasteiger partial charge in [0.2, 0.25) is 0 Å². The molecule has 0 amide bonds. The molecule has 0 spiro atoms. The van der Waals surface area contributed by atoms with Gasteiger partial charge in [0.25, 0.3) is 0 Å². The van der Waals surface area contributed by atoms with Crippen LogP contribution in [0.2, 0.25) is 0 Å². The quantitative estimate of drug-likeness (QED) is 0.816. The van der Waals surface area contributed by atoms with Crippen molar-refractivity contribution >= 4 is 11.4 Å². The molecule has 17 heavy (non-hydrogen) atoms. The second-order valence-corrected chi connectivity index (χ2v) is 5.07. The summed E-state index contributed by atoms with van der Waals surface area (Å²) in [5.41, 5.74) is 9.14. The molecule has 94 valence electrons. The minimum absolute atomic E-state index is 0.649. The number of nitrogen functional groups attached to an aromatic ring is 1. The molecular weight excluding hydrogens is 212 g/mol. The van der Waals surface area contributed by atoms with Crippen LogP contribution in [0.1, 0.15) is 18.4 Å². The number of hydrogen-bond acceptors (Lipinski definition) is 3. The van der Waals surface area contributed by atoms with Gasteiger partial charge in [-0.15, -0.1) is 0 Å². The lowest BCUT2D eigenvalue weighted by molar-refractivity contribution is 0.0576. The fourth-order valence-electron chi connectivity index (χ4n) is 2.46. The summed E-state index contributed by atoms with van der Waals surface area (Å²) in [4.78, 5) is 2.28. The summed E-state index contributed by atoms with van der Waals surface area (Å²) in [5.74, 6) is 0.649. The highest BCUT2D eigenvalue weighted by molar-refractivity contribution is 5.57. The smallest absolute Gasteiger partial charge is 0.0511 e. The molecule has 3 heteroatoms. The minimum Gasteiger partial charge on any atom is -0.399 e. The highest BCUT2D eigenvalue weighted by atomic mass is 16.5. The highest BCUT2D eigenvalue weighted by Gasteiger charge is 2.16. The van der Waals surface area contributed by atoms with E-state index in [0.29, 0.717) is 5.92 Å². The highest BCUT2D eigenvalue weighted by Crippen LogP contribution is 2.22. The van der Waals surface area contributed by atoms with Crippen LogP contribution in [0.3, 0.4) is 0 Å². The number of rotatable bonds is 3. The van der Waals surface area contributed by atoms with Crippen molar-refractivity contribution in [3.63, 3.8) is 0 Å². The zero-order valence-electron chi connectivity index (χ0n) is 10.8. The Morgan fingerprint density at radius 1 is 1.41 bits per heavy atom. The van der Waals surface area contributed by atoms with Crippen molar-refractivity contribution in [1.29, 1.82) is 0 Å². The van der Waals surface area contributed by atoms with Crippen LogP contribution in [0.25, 0.3) is 0 Å². The molecule has 1 aliphatic heterocycles. The Balaban J connectivity index is 2.00. The maximum Gasteiger partial charge on any atom is 0.0511 e. The Morgan fingerprint density at radius 2 is 2.24 bits per heavy atom. The first-order chi connectivity index (χ1) is 8.15. The molecule has 1 unspecified atom stereocenters. The van der Waals surface area contributed by atoms with Gasteiger partial charge in [-0.25, -0.2) is 0 Å². The van der Waals surface area contributed by atoms with Crippen LogP contribution in [-0.4, -0.2) is 26.8 Å². The van der Waals surface area contributed by atoms with E-state index >= 15 is 0 Å². The van der Waals surface area contributed by atoms with E-state index in [2.05, 4.69) is 24.9 Å². The van der Waals surface area contributed by atoms with Gasteiger partial charge >= 0.3 is 0 Å². The van der Waals surface area contributed by atoms with Gasteiger partial charge in [-0.1, -0.05) is 0 Å². The fraction of sp³-hybridized carbons (Fsp3) is 0.571. The molecule has 0 aromatic heterocycles. The van der Waals surface area contributed by atoms with Crippen LogP contribution in [0.4, 0.5) is 11.4 Å². The SMILES string of the molecule is Cc1cc(N)cc(N(C)CC2CCCOC2)c1. The maximum atomic E-state index is 5.88. The van der Waals surface area contributed by atoms with E-state index in [0.717, 1.165) is 25.4 Å². The van der Waals surface area contributed by atoms with Gasteiger partial charge < -0.3 is 15.4 Å². The largest absolute Gasteiger partial charge is 0.399 e. The van der Waals surface area contributed by atoms with Crippen LogP contribution in [-0.2, 0) is 4.74 Å². The summed E-state index contributed by atoms with van der Waals surface area (Å²) < 4.78 is 5.51. The summed E-state index contributed by atoms with van der Waals surface area (Å²) in [6.07, 6.45) is 2.46. The minimum atomic E-state index is 0.649. The van der Waals surface area contributed by atoms with Crippen molar-refractivity contribution in [3.8, 4) is 0 Å². The number of benzene rings is 1. The summed E-state index contributed by atoms with van der Waals surface area (Å²) in [6.45, 7) is 4.95. The van der Waals surface area contributed by atoms with E-state index in [4.69, 9.17) is 10.5 Å². The molecule has 0 radical (unpaired) electrons. The van der Waals surface area contributed by atoms with E-state index in [1.807, 2.05) is 12.1 Å². The molecule has 0 saturated carbocycles. The predicted molar refractivity (Wildman–Crippen MR) is 72.4 cm³/mol. The summed E-state index contributed by atoms with van der Waals surface area (Å²) in [5, 5.41) is 0. The molecule has 2 rings (SSSR count). The fourth-order valence-corrected chi connectivity index (χ4v) is 2.46. The molecule has 0 aliphatic carbocycles. The molecule has 1 saturated heterocycles. The van der Waals surface area contributed by atoms with Gasteiger partial charge in [-0.05, 0) is 49.4 Å². The third kappa shape index (κ3) is 3.37. The molecule has 1 aromatic rings. The first kappa shape index (κ1) is 12.2. The Morgan fingerprint density at radius 3 is 2.88 bits per heavy atom. The molecule has 3 nitrogen and oxygen atoms in total. The second kappa shape index (κ2) is 5.41. The monoisotopic (exact) mass is 234 g/mol. The predicted octanol–water partition coefficient (Wildman–Crippen LogP) is 2.44. The average molecular weight is 234 g/mol. The summed E-state index contributed by atoms with van der Waals surface area (Å²) in [6, 6.07) is 6.22. The van der Waals surface area contributed by atoms with Crippen molar-refractivity contribution in [2.24, 2.45) is 5.92 Å². The number of anilines is 2. The average Bonchev–Trinajstić information content (AvgIpc) is 2.29. The Kier molecular flexibility index (Phi) is 3.89. The molecule has 1 aromatic carbocycles. The second-order valence-electron chi connectivity index (χ2n) is 5.07. The van der Waals surface area contributed by atoms with Gasteiger partial charge in [0.1, 0.15) is 0 Å². The van der Waals surface area contributed by atoms with Crippen molar-refractivity contribution in [1.82, 2.24) is 0 Å². The van der Waals surface area contributed by atoms with Gasteiger partial charge in [0.05, 0.1) is 6.61 Å². The number of hydrogen-bond donors (Lipinski definition) is 1. The van der Waals surface area contributed by atoms with Gasteiger partial charge in [0, 0.05) is 31.6 Å². The maximum absolute atomic E-state index is 5.88. The third-order valence-electron chi connectivity index (χ3n) is 3.31. The number of nitrogens with two attached hydrogens (primary N) is 1. The van der Waals surface area contributed by atoms with Crippen molar-refractivity contribution in [2.45, 2.75) is 19.8 Å². The van der Waals surface area contributed by atoms with E-state index in [-0.39, 0.29) is 0 Å². The van der Waals surface area contributed by atoms with Crippen molar-refractivity contribution in [2.75, 3.05) is 37.4 Å². The zero-order valence-corrected chi connectivity index (χ0v) is 10.8. The molecular formula is C14H22N2O.